The molecule has 0 bridgehead atoms. The van der Waals surface area contributed by atoms with E-state index in [1.54, 1.807) is 4.57 Å². The van der Waals surface area contributed by atoms with Crippen LogP contribution in [0.15, 0.2) is 23.4 Å². The van der Waals surface area contributed by atoms with Crippen molar-refractivity contribution in [3.8, 4) is 5.75 Å². The summed E-state index contributed by atoms with van der Waals surface area (Å²) >= 11 is 1.14. The van der Waals surface area contributed by atoms with E-state index in [1.807, 2.05) is 19.2 Å². The fraction of sp³-hybridized carbons (Fsp3) is 0.471. The Morgan fingerprint density at radius 1 is 1.33 bits per heavy atom. The molecule has 0 saturated heterocycles. The number of nitrogens with zero attached hydrogens (tertiary/aromatic N) is 3. The van der Waals surface area contributed by atoms with Crippen molar-refractivity contribution in [2.75, 3.05) is 5.75 Å². The summed E-state index contributed by atoms with van der Waals surface area (Å²) in [5, 5.41) is 17.4. The van der Waals surface area contributed by atoms with Crippen molar-refractivity contribution in [3.05, 3.63) is 35.2 Å². The van der Waals surface area contributed by atoms with E-state index in [0.717, 1.165) is 23.1 Å². The van der Waals surface area contributed by atoms with Crippen molar-refractivity contribution in [2.45, 2.75) is 44.9 Å². The molecule has 2 aromatic rings. The van der Waals surface area contributed by atoms with Gasteiger partial charge in [0.2, 0.25) is 0 Å². The summed E-state index contributed by atoms with van der Waals surface area (Å²) in [5.41, 5.74) is 2.31. The number of hydrogen-bond donors (Lipinski definition) is 1. The maximum atomic E-state index is 10.7. The molecule has 0 radical (unpaired) electrons. The molecule has 0 spiro atoms. The topological polar surface area (TPSA) is 77.2 Å². The lowest BCUT2D eigenvalue weighted by Crippen LogP contribution is -2.14. The van der Waals surface area contributed by atoms with E-state index in [-0.39, 0.29) is 17.8 Å². The number of carboxylic acids is 1. The SMILES string of the molecule is Cc1ccc(OCc2nnc(SCC(=O)O)n2C)c(C(C)(C)C)c1. The highest BCUT2D eigenvalue weighted by molar-refractivity contribution is 7.99. The summed E-state index contributed by atoms with van der Waals surface area (Å²) in [4.78, 5) is 10.7. The summed E-state index contributed by atoms with van der Waals surface area (Å²) in [6.45, 7) is 8.80. The van der Waals surface area contributed by atoms with Gasteiger partial charge in [-0.25, -0.2) is 0 Å². The van der Waals surface area contributed by atoms with Gasteiger partial charge in [0.1, 0.15) is 12.4 Å². The molecule has 1 heterocycles. The molecule has 0 amide bonds. The lowest BCUT2D eigenvalue weighted by atomic mass is 9.85. The second-order valence-corrected chi connectivity index (χ2v) is 7.62. The van der Waals surface area contributed by atoms with Crippen molar-refractivity contribution in [2.24, 2.45) is 7.05 Å². The Balaban J connectivity index is 2.13. The molecule has 0 aliphatic rings. The summed E-state index contributed by atoms with van der Waals surface area (Å²) in [7, 11) is 1.81. The van der Waals surface area contributed by atoms with Gasteiger partial charge in [-0.1, -0.05) is 50.2 Å². The van der Waals surface area contributed by atoms with Crippen molar-refractivity contribution >= 4 is 17.7 Å². The Hall–Kier alpha value is -2.02. The molecule has 0 aliphatic carbocycles. The van der Waals surface area contributed by atoms with Crippen LogP contribution >= 0.6 is 11.8 Å². The number of benzene rings is 1. The van der Waals surface area contributed by atoms with E-state index in [2.05, 4.69) is 44.0 Å². The molecular formula is C17H23N3O3S. The molecule has 130 valence electrons. The number of aryl methyl sites for hydroxylation is 1. The Labute approximate surface area is 146 Å². The molecule has 1 aromatic heterocycles. The Morgan fingerprint density at radius 3 is 2.67 bits per heavy atom. The fourth-order valence-electron chi connectivity index (χ4n) is 2.22. The third-order valence-electron chi connectivity index (χ3n) is 3.55. The highest BCUT2D eigenvalue weighted by atomic mass is 32.2. The minimum atomic E-state index is -0.879. The third kappa shape index (κ3) is 4.50. The van der Waals surface area contributed by atoms with Gasteiger partial charge >= 0.3 is 5.97 Å². The molecule has 0 saturated carbocycles. The average Bonchev–Trinajstić information content (AvgIpc) is 2.83. The minimum absolute atomic E-state index is 0.0241. The van der Waals surface area contributed by atoms with E-state index in [0.29, 0.717) is 11.0 Å². The molecule has 24 heavy (non-hydrogen) atoms. The lowest BCUT2D eigenvalue weighted by molar-refractivity contribution is -0.133. The van der Waals surface area contributed by atoms with Crippen LogP contribution in [-0.2, 0) is 23.9 Å². The first-order chi connectivity index (χ1) is 11.2. The second kappa shape index (κ2) is 7.25. The lowest BCUT2D eigenvalue weighted by Gasteiger charge is -2.23. The first kappa shape index (κ1) is 18.3. The molecule has 0 fully saturated rings. The summed E-state index contributed by atoms with van der Waals surface area (Å²) in [5.74, 6) is 0.563. The van der Waals surface area contributed by atoms with Gasteiger partial charge in [-0.15, -0.1) is 10.2 Å². The van der Waals surface area contributed by atoms with Crippen LogP contribution in [0.5, 0.6) is 5.75 Å². The maximum Gasteiger partial charge on any atom is 0.313 e. The normalized spacial score (nSPS) is 11.5. The second-order valence-electron chi connectivity index (χ2n) is 6.68. The minimum Gasteiger partial charge on any atom is -0.485 e. The number of aromatic nitrogens is 3. The predicted molar refractivity (Wildman–Crippen MR) is 93.6 cm³/mol. The van der Waals surface area contributed by atoms with Crippen molar-refractivity contribution in [3.63, 3.8) is 0 Å². The van der Waals surface area contributed by atoms with Gasteiger partial charge in [0.05, 0.1) is 5.75 Å². The Kier molecular flexibility index (Phi) is 5.54. The van der Waals surface area contributed by atoms with E-state index in [4.69, 9.17) is 9.84 Å². The number of rotatable bonds is 6. The average molecular weight is 349 g/mol. The van der Waals surface area contributed by atoms with Crippen LogP contribution in [0.3, 0.4) is 0 Å². The van der Waals surface area contributed by atoms with Gasteiger partial charge in [-0.3, -0.25) is 4.79 Å². The van der Waals surface area contributed by atoms with Gasteiger partial charge in [-0.05, 0) is 24.0 Å². The van der Waals surface area contributed by atoms with Crippen LogP contribution in [0.1, 0.15) is 37.7 Å². The van der Waals surface area contributed by atoms with E-state index in [1.165, 1.54) is 5.56 Å². The zero-order valence-electron chi connectivity index (χ0n) is 14.7. The monoisotopic (exact) mass is 349 g/mol. The van der Waals surface area contributed by atoms with Crippen LogP contribution < -0.4 is 4.74 Å². The molecule has 0 unspecified atom stereocenters. The number of ether oxygens (including phenoxy) is 1. The fourth-order valence-corrected chi connectivity index (χ4v) is 2.87. The van der Waals surface area contributed by atoms with Crippen LogP contribution in [-0.4, -0.2) is 31.6 Å². The number of thioether (sulfide) groups is 1. The molecular weight excluding hydrogens is 326 g/mol. The molecule has 2 rings (SSSR count). The zero-order chi connectivity index (χ0) is 17.9. The largest absolute Gasteiger partial charge is 0.485 e. The van der Waals surface area contributed by atoms with E-state index < -0.39 is 5.97 Å². The third-order valence-corrected chi connectivity index (χ3v) is 4.55. The quantitative estimate of drug-likeness (QED) is 0.807. The van der Waals surface area contributed by atoms with Gasteiger partial charge in [0.15, 0.2) is 11.0 Å². The molecule has 1 N–H and O–H groups in total. The first-order valence-corrected chi connectivity index (χ1v) is 8.64. The predicted octanol–water partition coefficient (Wildman–Crippen LogP) is 3.18. The molecule has 7 heteroatoms. The van der Waals surface area contributed by atoms with Gasteiger partial charge in [0.25, 0.3) is 0 Å². The molecule has 6 nitrogen and oxygen atoms in total. The van der Waals surface area contributed by atoms with Gasteiger partial charge in [0, 0.05) is 7.05 Å². The smallest absolute Gasteiger partial charge is 0.313 e. The first-order valence-electron chi connectivity index (χ1n) is 7.65. The molecule has 1 aromatic carbocycles. The number of aliphatic carboxylic acids is 1. The van der Waals surface area contributed by atoms with Crippen LogP contribution in [0.2, 0.25) is 0 Å². The van der Waals surface area contributed by atoms with Crippen molar-refractivity contribution in [1.82, 2.24) is 14.8 Å². The van der Waals surface area contributed by atoms with Gasteiger partial charge < -0.3 is 14.4 Å². The van der Waals surface area contributed by atoms with E-state index >= 15 is 0 Å². The van der Waals surface area contributed by atoms with Gasteiger partial charge in [-0.2, -0.15) is 0 Å². The van der Waals surface area contributed by atoms with Crippen LogP contribution in [0.25, 0.3) is 0 Å². The summed E-state index contributed by atoms with van der Waals surface area (Å²) in [6, 6.07) is 6.14. The van der Waals surface area contributed by atoms with Crippen molar-refractivity contribution < 1.29 is 14.6 Å². The van der Waals surface area contributed by atoms with Crippen LogP contribution in [0, 0.1) is 6.92 Å². The molecule has 0 atom stereocenters. The highest BCUT2D eigenvalue weighted by Crippen LogP contribution is 2.32. The van der Waals surface area contributed by atoms with E-state index in [9.17, 15) is 4.79 Å². The summed E-state index contributed by atoms with van der Waals surface area (Å²) in [6.07, 6.45) is 0. The Morgan fingerprint density at radius 2 is 2.04 bits per heavy atom. The zero-order valence-corrected chi connectivity index (χ0v) is 15.5. The number of carboxylic acid groups (broad SMARTS) is 1. The maximum absolute atomic E-state index is 10.7. The number of carbonyl (C=O) groups is 1. The highest BCUT2D eigenvalue weighted by Gasteiger charge is 2.20. The standard InChI is InChI=1S/C17H23N3O3S/c1-11-6-7-13(12(8-11)17(2,3)4)23-9-14-18-19-16(20(14)5)24-10-15(21)22/h6-8H,9-10H2,1-5H3,(H,21,22). The molecule has 0 aliphatic heterocycles. The summed E-state index contributed by atoms with van der Waals surface area (Å²) < 4.78 is 7.74. The van der Waals surface area contributed by atoms with Crippen molar-refractivity contribution in [1.29, 1.82) is 0 Å². The van der Waals surface area contributed by atoms with Crippen LogP contribution in [0.4, 0.5) is 0 Å². The Bertz CT molecular complexity index is 735. The number of hydrogen-bond acceptors (Lipinski definition) is 5.